The minimum atomic E-state index is -0.742. The third kappa shape index (κ3) is 1.65. The summed E-state index contributed by atoms with van der Waals surface area (Å²) in [5, 5.41) is 11.9. The Bertz CT molecular complexity index is 735. The molecule has 0 aromatic carbocycles. The molecule has 0 unspecified atom stereocenters. The molecule has 7 nitrogen and oxygen atoms in total. The summed E-state index contributed by atoms with van der Waals surface area (Å²) >= 11 is 0. The summed E-state index contributed by atoms with van der Waals surface area (Å²) in [7, 11) is 0. The smallest absolute Gasteiger partial charge is 0.330 e. The summed E-state index contributed by atoms with van der Waals surface area (Å²) in [5.74, 6) is 0.133. The normalized spacial score (nSPS) is 10.7. The Morgan fingerprint density at radius 3 is 2.67 bits per heavy atom. The minimum Gasteiger partial charge on any atom is -0.804 e. The first kappa shape index (κ1) is 11.9. The van der Waals surface area contributed by atoms with Crippen LogP contribution in [0.2, 0.25) is 0 Å². The number of hydrogen-bond donors (Lipinski definition) is 1. The van der Waals surface area contributed by atoms with E-state index in [1.54, 1.807) is 0 Å². The molecule has 0 radical (unpaired) electrons. The van der Waals surface area contributed by atoms with Gasteiger partial charge in [-0.05, 0) is 0 Å². The molecule has 7 heteroatoms. The van der Waals surface area contributed by atoms with Gasteiger partial charge in [0.25, 0.3) is 5.56 Å². The highest BCUT2D eigenvalue weighted by molar-refractivity contribution is 5.71. The molecule has 0 saturated carbocycles. The fraction of sp³-hybridized carbons (Fsp3) is 0.182. The molecule has 0 spiro atoms. The summed E-state index contributed by atoms with van der Waals surface area (Å²) in [6, 6.07) is 0. The second-order valence-corrected chi connectivity index (χ2v) is 3.65. The molecule has 1 N–H and O–H groups in total. The summed E-state index contributed by atoms with van der Waals surface area (Å²) in [4.78, 5) is 29.3. The Labute approximate surface area is 101 Å². The standard InChI is InChI=1S/C11H11N4O3/c1-3-5-7-12-9-8(15(7)18)10(16)13-11(17)14(9)6-4-2/h3-4H,1-2,5-6H2,(H,13,16,17)/q-1. The Morgan fingerprint density at radius 1 is 1.33 bits per heavy atom. The fourth-order valence-electron chi connectivity index (χ4n) is 1.70. The summed E-state index contributed by atoms with van der Waals surface area (Å²) < 4.78 is 1.61. The average Bonchev–Trinajstić information content (AvgIpc) is 2.63. The van der Waals surface area contributed by atoms with Crippen LogP contribution in [0.5, 0.6) is 0 Å². The molecule has 0 bridgehead atoms. The average molecular weight is 247 g/mol. The third-order valence-corrected chi connectivity index (χ3v) is 2.46. The molecule has 94 valence electrons. The molecule has 0 amide bonds. The van der Waals surface area contributed by atoms with E-state index in [-0.39, 0.29) is 30.0 Å². The van der Waals surface area contributed by atoms with Crippen LogP contribution in [0.4, 0.5) is 0 Å². The van der Waals surface area contributed by atoms with Gasteiger partial charge in [-0.3, -0.25) is 14.3 Å². The van der Waals surface area contributed by atoms with Gasteiger partial charge in [0.1, 0.15) is 11.3 Å². The first-order chi connectivity index (χ1) is 8.60. The van der Waals surface area contributed by atoms with Gasteiger partial charge < -0.3 is 9.94 Å². The van der Waals surface area contributed by atoms with E-state index in [4.69, 9.17) is 0 Å². The van der Waals surface area contributed by atoms with E-state index >= 15 is 0 Å². The van der Waals surface area contributed by atoms with Crippen molar-refractivity contribution in [3.05, 3.63) is 57.2 Å². The molecular formula is C11H11N4O3-. The second-order valence-electron chi connectivity index (χ2n) is 3.65. The lowest BCUT2D eigenvalue weighted by molar-refractivity contribution is 0.765. The monoisotopic (exact) mass is 247 g/mol. The molecule has 0 fully saturated rings. The van der Waals surface area contributed by atoms with Crippen molar-refractivity contribution in [2.24, 2.45) is 0 Å². The molecular weight excluding hydrogens is 236 g/mol. The summed E-state index contributed by atoms with van der Waals surface area (Å²) in [6.45, 7) is 7.18. The highest BCUT2D eigenvalue weighted by Crippen LogP contribution is 2.10. The molecule has 0 aliphatic rings. The van der Waals surface area contributed by atoms with Gasteiger partial charge in [-0.1, -0.05) is 12.2 Å². The zero-order chi connectivity index (χ0) is 13.3. The van der Waals surface area contributed by atoms with E-state index in [0.29, 0.717) is 4.73 Å². The molecule has 2 rings (SSSR count). The maximum absolute atomic E-state index is 11.9. The van der Waals surface area contributed by atoms with Crippen molar-refractivity contribution in [2.45, 2.75) is 13.0 Å². The van der Waals surface area contributed by atoms with Crippen LogP contribution < -0.4 is 11.2 Å². The van der Waals surface area contributed by atoms with Gasteiger partial charge in [0.15, 0.2) is 5.65 Å². The number of aromatic amines is 1. The van der Waals surface area contributed by atoms with Crippen molar-refractivity contribution >= 4 is 11.2 Å². The van der Waals surface area contributed by atoms with Crippen LogP contribution in [0.15, 0.2) is 34.9 Å². The number of nitrogens with zero attached hydrogens (tertiary/aromatic N) is 3. The van der Waals surface area contributed by atoms with E-state index in [2.05, 4.69) is 23.1 Å². The van der Waals surface area contributed by atoms with E-state index in [0.717, 1.165) is 0 Å². The third-order valence-electron chi connectivity index (χ3n) is 2.46. The van der Waals surface area contributed by atoms with Gasteiger partial charge in [0.05, 0.1) is 0 Å². The Hall–Kier alpha value is -2.57. The van der Waals surface area contributed by atoms with Crippen molar-refractivity contribution in [2.75, 3.05) is 0 Å². The van der Waals surface area contributed by atoms with Crippen LogP contribution in [0.1, 0.15) is 5.82 Å². The number of rotatable bonds is 4. The van der Waals surface area contributed by atoms with E-state index in [1.165, 1.54) is 16.7 Å². The number of H-pyrrole nitrogens is 1. The quantitative estimate of drug-likeness (QED) is 0.777. The summed E-state index contributed by atoms with van der Waals surface area (Å²) in [5.41, 5.74) is -1.47. The van der Waals surface area contributed by atoms with Crippen LogP contribution in [0.3, 0.4) is 0 Å². The number of aromatic nitrogens is 4. The molecule has 2 aromatic rings. The van der Waals surface area contributed by atoms with E-state index in [1.807, 2.05) is 0 Å². The minimum absolute atomic E-state index is 0.0653. The largest absolute Gasteiger partial charge is 0.804 e. The second kappa shape index (κ2) is 4.36. The van der Waals surface area contributed by atoms with Gasteiger partial charge in [0, 0.05) is 13.0 Å². The molecule has 0 aliphatic carbocycles. The number of imidazole rings is 1. The van der Waals surface area contributed by atoms with E-state index in [9.17, 15) is 14.8 Å². The molecule has 0 saturated heterocycles. The maximum atomic E-state index is 11.9. The highest BCUT2D eigenvalue weighted by atomic mass is 16.5. The van der Waals surface area contributed by atoms with Crippen LogP contribution in [0, 0.1) is 5.21 Å². The topological polar surface area (TPSA) is 95.7 Å². The molecule has 0 aliphatic heterocycles. The van der Waals surface area contributed by atoms with Crippen molar-refractivity contribution in [1.29, 1.82) is 0 Å². The van der Waals surface area contributed by atoms with Gasteiger partial charge in [0.2, 0.25) is 0 Å². The predicted octanol–water partition coefficient (Wildman–Crippen LogP) is 0.147. The lowest BCUT2D eigenvalue weighted by Crippen LogP contribution is -2.30. The lowest BCUT2D eigenvalue weighted by Gasteiger charge is -2.10. The van der Waals surface area contributed by atoms with Crippen molar-refractivity contribution in [3.8, 4) is 0 Å². The summed E-state index contributed by atoms with van der Waals surface area (Å²) in [6.07, 6.45) is 3.20. The van der Waals surface area contributed by atoms with Gasteiger partial charge in [-0.25, -0.2) is 9.78 Å². The van der Waals surface area contributed by atoms with Gasteiger partial charge in [-0.2, -0.15) is 0 Å². The zero-order valence-electron chi connectivity index (χ0n) is 9.55. The molecule has 0 atom stereocenters. The van der Waals surface area contributed by atoms with Crippen LogP contribution >= 0.6 is 0 Å². The number of fused-ring (bicyclic) bond motifs is 1. The zero-order valence-corrected chi connectivity index (χ0v) is 9.55. The SMILES string of the molecule is C=CCc1nc2c(c(=O)[nH]c(=O)n2CC=C)n1[O-]. The molecule has 18 heavy (non-hydrogen) atoms. The first-order valence-electron chi connectivity index (χ1n) is 5.24. The van der Waals surface area contributed by atoms with Crippen LogP contribution in [-0.2, 0) is 13.0 Å². The fourth-order valence-corrected chi connectivity index (χ4v) is 1.70. The Balaban J connectivity index is 2.90. The molecule has 2 aromatic heterocycles. The van der Waals surface area contributed by atoms with Gasteiger partial charge in [-0.15, -0.1) is 13.2 Å². The van der Waals surface area contributed by atoms with Crippen LogP contribution in [-0.4, -0.2) is 19.3 Å². The van der Waals surface area contributed by atoms with Crippen molar-refractivity contribution in [3.63, 3.8) is 0 Å². The number of hydrogen-bond acceptors (Lipinski definition) is 4. The number of allylic oxidation sites excluding steroid dienone is 2. The van der Waals surface area contributed by atoms with E-state index < -0.39 is 11.2 Å². The highest BCUT2D eigenvalue weighted by Gasteiger charge is 2.13. The van der Waals surface area contributed by atoms with Crippen molar-refractivity contribution < 1.29 is 0 Å². The maximum Gasteiger partial charge on any atom is 0.330 e. The number of nitrogens with one attached hydrogen (secondary N) is 1. The Morgan fingerprint density at radius 2 is 2.06 bits per heavy atom. The van der Waals surface area contributed by atoms with Gasteiger partial charge >= 0.3 is 5.69 Å². The van der Waals surface area contributed by atoms with Crippen LogP contribution in [0.25, 0.3) is 11.2 Å². The predicted molar refractivity (Wildman–Crippen MR) is 67.5 cm³/mol. The van der Waals surface area contributed by atoms with Crippen molar-refractivity contribution in [1.82, 2.24) is 19.3 Å². The lowest BCUT2D eigenvalue weighted by atomic mass is 10.4. The first-order valence-corrected chi connectivity index (χ1v) is 5.24. The Kier molecular flexibility index (Phi) is 2.88. The molecule has 2 heterocycles.